The van der Waals surface area contributed by atoms with Gasteiger partial charge in [-0.1, -0.05) is 0 Å². The van der Waals surface area contributed by atoms with Crippen LogP contribution in [0.4, 0.5) is 0 Å². The highest BCUT2D eigenvalue weighted by molar-refractivity contribution is 5.77. The molecule has 0 aliphatic heterocycles. The molecule has 11 heavy (non-hydrogen) atoms. The standard InChI is InChI=1S/C7H10N2O2/c1-3-9-4-6(5-10)7(8-9)11-2/h4-5H,3H2,1-2H3. The first-order valence-corrected chi connectivity index (χ1v) is 3.38. The van der Waals surface area contributed by atoms with E-state index in [1.54, 1.807) is 10.9 Å². The largest absolute Gasteiger partial charge is 0.479 e. The SMILES string of the molecule is CCn1cc(C=O)c(OC)n1. The first-order valence-electron chi connectivity index (χ1n) is 3.38. The van der Waals surface area contributed by atoms with E-state index in [1.165, 1.54) is 7.11 Å². The molecule has 0 saturated carbocycles. The summed E-state index contributed by atoms with van der Waals surface area (Å²) in [5.74, 6) is 0.391. The molecule has 0 fully saturated rings. The van der Waals surface area contributed by atoms with E-state index in [2.05, 4.69) is 5.10 Å². The summed E-state index contributed by atoms with van der Waals surface area (Å²) in [5, 5.41) is 3.98. The van der Waals surface area contributed by atoms with Gasteiger partial charge in [0, 0.05) is 12.7 Å². The zero-order chi connectivity index (χ0) is 8.27. The second-order valence-electron chi connectivity index (χ2n) is 2.07. The van der Waals surface area contributed by atoms with Crippen LogP contribution < -0.4 is 4.74 Å². The molecule has 1 rings (SSSR count). The van der Waals surface area contributed by atoms with Crippen LogP contribution in [0.5, 0.6) is 5.88 Å². The Morgan fingerprint density at radius 2 is 2.55 bits per heavy atom. The van der Waals surface area contributed by atoms with Gasteiger partial charge in [-0.15, -0.1) is 5.10 Å². The van der Waals surface area contributed by atoms with Crippen molar-refractivity contribution in [3.8, 4) is 5.88 Å². The number of hydrogen-bond acceptors (Lipinski definition) is 3. The molecule has 0 N–H and O–H groups in total. The molecule has 0 amide bonds. The Labute approximate surface area is 64.8 Å². The van der Waals surface area contributed by atoms with Gasteiger partial charge in [-0.05, 0) is 6.92 Å². The lowest BCUT2D eigenvalue weighted by molar-refractivity contribution is 0.112. The zero-order valence-corrected chi connectivity index (χ0v) is 6.57. The van der Waals surface area contributed by atoms with Crippen LogP contribution in [0.3, 0.4) is 0 Å². The van der Waals surface area contributed by atoms with Crippen LogP contribution in [0, 0.1) is 0 Å². The third-order valence-corrected chi connectivity index (χ3v) is 1.40. The van der Waals surface area contributed by atoms with Crippen molar-refractivity contribution >= 4 is 6.29 Å². The van der Waals surface area contributed by atoms with Crippen LogP contribution in [0.1, 0.15) is 17.3 Å². The number of aldehydes is 1. The van der Waals surface area contributed by atoms with Crippen molar-refractivity contribution in [2.24, 2.45) is 0 Å². The maximum atomic E-state index is 10.4. The van der Waals surface area contributed by atoms with Gasteiger partial charge in [0.2, 0.25) is 5.88 Å². The molecule has 0 radical (unpaired) electrons. The Kier molecular flexibility index (Phi) is 2.25. The van der Waals surface area contributed by atoms with Crippen LogP contribution in [-0.4, -0.2) is 23.2 Å². The Bertz CT molecular complexity index is 255. The van der Waals surface area contributed by atoms with Gasteiger partial charge >= 0.3 is 0 Å². The predicted octanol–water partition coefficient (Wildman–Crippen LogP) is 0.724. The maximum absolute atomic E-state index is 10.4. The smallest absolute Gasteiger partial charge is 0.243 e. The molecule has 1 heterocycles. The molecule has 0 saturated heterocycles. The number of aromatic nitrogens is 2. The summed E-state index contributed by atoms with van der Waals surface area (Å²) < 4.78 is 6.51. The van der Waals surface area contributed by atoms with Crippen molar-refractivity contribution < 1.29 is 9.53 Å². The molecule has 0 aliphatic carbocycles. The summed E-state index contributed by atoms with van der Waals surface area (Å²) in [5.41, 5.74) is 0.495. The van der Waals surface area contributed by atoms with Crippen LogP contribution in [0.25, 0.3) is 0 Å². The topological polar surface area (TPSA) is 44.1 Å². The van der Waals surface area contributed by atoms with Gasteiger partial charge in [-0.2, -0.15) is 0 Å². The number of ether oxygens (including phenoxy) is 1. The molecule has 0 bridgehead atoms. The van der Waals surface area contributed by atoms with Crippen molar-refractivity contribution in [1.29, 1.82) is 0 Å². The van der Waals surface area contributed by atoms with Crippen LogP contribution >= 0.6 is 0 Å². The van der Waals surface area contributed by atoms with E-state index in [0.29, 0.717) is 11.4 Å². The van der Waals surface area contributed by atoms with Crippen molar-refractivity contribution in [3.63, 3.8) is 0 Å². The Morgan fingerprint density at radius 1 is 1.82 bits per heavy atom. The molecule has 60 valence electrons. The van der Waals surface area contributed by atoms with Gasteiger partial charge < -0.3 is 4.74 Å². The summed E-state index contributed by atoms with van der Waals surface area (Å²) >= 11 is 0. The van der Waals surface area contributed by atoms with Gasteiger partial charge in [0.15, 0.2) is 6.29 Å². The average Bonchev–Trinajstić information content (AvgIpc) is 2.46. The molecule has 0 unspecified atom stereocenters. The molecular weight excluding hydrogens is 144 g/mol. The number of nitrogens with zero attached hydrogens (tertiary/aromatic N) is 2. The van der Waals surface area contributed by atoms with Crippen molar-refractivity contribution in [3.05, 3.63) is 11.8 Å². The highest BCUT2D eigenvalue weighted by Gasteiger charge is 2.05. The van der Waals surface area contributed by atoms with E-state index < -0.39 is 0 Å². The second kappa shape index (κ2) is 3.18. The molecule has 1 aromatic heterocycles. The van der Waals surface area contributed by atoms with Gasteiger partial charge in [-0.3, -0.25) is 9.48 Å². The second-order valence-corrected chi connectivity index (χ2v) is 2.07. The summed E-state index contributed by atoms with van der Waals surface area (Å²) in [6.45, 7) is 2.69. The molecule has 0 aromatic carbocycles. The van der Waals surface area contributed by atoms with Gasteiger partial charge in [0.05, 0.1) is 12.7 Å². The lowest BCUT2D eigenvalue weighted by Gasteiger charge is -1.92. The number of carbonyl (C=O) groups is 1. The van der Waals surface area contributed by atoms with Crippen molar-refractivity contribution in [1.82, 2.24) is 9.78 Å². The normalized spacial score (nSPS) is 9.64. The highest BCUT2D eigenvalue weighted by Crippen LogP contribution is 2.11. The maximum Gasteiger partial charge on any atom is 0.243 e. The number of aryl methyl sites for hydroxylation is 1. The number of rotatable bonds is 3. The van der Waals surface area contributed by atoms with E-state index in [0.717, 1.165) is 12.8 Å². The van der Waals surface area contributed by atoms with E-state index in [1.807, 2.05) is 6.92 Å². The average molecular weight is 154 g/mol. The van der Waals surface area contributed by atoms with Gasteiger partial charge in [-0.25, -0.2) is 0 Å². The van der Waals surface area contributed by atoms with Crippen molar-refractivity contribution in [2.45, 2.75) is 13.5 Å². The highest BCUT2D eigenvalue weighted by atomic mass is 16.5. The molecule has 0 aliphatic rings. The number of carbonyl (C=O) groups excluding carboxylic acids is 1. The van der Waals surface area contributed by atoms with E-state index in [-0.39, 0.29) is 0 Å². The minimum Gasteiger partial charge on any atom is -0.479 e. The third kappa shape index (κ3) is 1.39. The first-order chi connectivity index (χ1) is 5.31. The quantitative estimate of drug-likeness (QED) is 0.602. The molecule has 4 nitrogen and oxygen atoms in total. The Balaban J connectivity index is 3.01. The minimum absolute atomic E-state index is 0.391. The molecule has 1 aromatic rings. The van der Waals surface area contributed by atoms with Crippen LogP contribution in [-0.2, 0) is 6.54 Å². The minimum atomic E-state index is 0.391. The van der Waals surface area contributed by atoms with Crippen LogP contribution in [0.15, 0.2) is 6.20 Å². The first kappa shape index (κ1) is 7.78. The van der Waals surface area contributed by atoms with E-state index >= 15 is 0 Å². The number of hydrogen-bond donors (Lipinski definition) is 0. The zero-order valence-electron chi connectivity index (χ0n) is 6.57. The third-order valence-electron chi connectivity index (χ3n) is 1.40. The fourth-order valence-corrected chi connectivity index (χ4v) is 0.821. The molecule has 0 atom stereocenters. The van der Waals surface area contributed by atoms with Gasteiger partial charge in [0.25, 0.3) is 0 Å². The van der Waals surface area contributed by atoms with Crippen molar-refractivity contribution in [2.75, 3.05) is 7.11 Å². The Hall–Kier alpha value is -1.32. The fraction of sp³-hybridized carbons (Fsp3) is 0.429. The summed E-state index contributed by atoms with van der Waals surface area (Å²) in [6.07, 6.45) is 2.39. The summed E-state index contributed by atoms with van der Waals surface area (Å²) in [4.78, 5) is 10.4. The summed E-state index contributed by atoms with van der Waals surface area (Å²) in [6, 6.07) is 0. The fourth-order valence-electron chi connectivity index (χ4n) is 0.821. The Morgan fingerprint density at radius 3 is 2.91 bits per heavy atom. The van der Waals surface area contributed by atoms with Crippen LogP contribution in [0.2, 0.25) is 0 Å². The van der Waals surface area contributed by atoms with E-state index in [9.17, 15) is 4.79 Å². The lowest BCUT2D eigenvalue weighted by atomic mass is 10.4. The van der Waals surface area contributed by atoms with E-state index in [4.69, 9.17) is 4.74 Å². The molecular formula is C7H10N2O2. The monoisotopic (exact) mass is 154 g/mol. The summed E-state index contributed by atoms with van der Waals surface area (Å²) in [7, 11) is 1.50. The lowest BCUT2D eigenvalue weighted by Crippen LogP contribution is -1.94. The number of methoxy groups -OCH3 is 1. The molecule has 4 heteroatoms. The molecule has 0 spiro atoms. The predicted molar refractivity (Wildman–Crippen MR) is 39.8 cm³/mol. The van der Waals surface area contributed by atoms with Gasteiger partial charge in [0.1, 0.15) is 0 Å².